The smallest absolute Gasteiger partial charge is 0.246 e. The number of hydrogen-bond donors (Lipinski definition) is 0. The molecule has 2 aliphatic rings. The van der Waals surface area contributed by atoms with Crippen molar-refractivity contribution in [2.75, 3.05) is 33.1 Å². The fourth-order valence-corrected chi connectivity index (χ4v) is 2.38. The highest BCUT2D eigenvalue weighted by molar-refractivity contribution is 5.92. The van der Waals surface area contributed by atoms with Crippen LogP contribution in [0.15, 0.2) is 18.2 Å². The summed E-state index contributed by atoms with van der Waals surface area (Å²) in [6.45, 7) is 2.70. The monoisotopic (exact) mass is 293 g/mol. The minimum atomic E-state index is -0.374. The highest BCUT2D eigenvalue weighted by Gasteiger charge is 2.17. The van der Waals surface area contributed by atoms with Crippen LogP contribution in [-0.2, 0) is 20.9 Å². The summed E-state index contributed by atoms with van der Waals surface area (Å²) in [7, 11) is 0. The van der Waals surface area contributed by atoms with Crippen LogP contribution in [0, 0.1) is 5.82 Å². The number of nitrogens with zero attached hydrogens (tertiary/aromatic N) is 1. The van der Waals surface area contributed by atoms with Crippen molar-refractivity contribution in [2.45, 2.75) is 6.61 Å². The van der Waals surface area contributed by atoms with Crippen LogP contribution < -0.4 is 4.74 Å². The number of ether oxygens (including phenoxy) is 3. The number of amides is 1. The number of morpholine rings is 1. The average molecular weight is 293 g/mol. The molecule has 0 N–H and O–H groups in total. The zero-order valence-electron chi connectivity index (χ0n) is 11.5. The van der Waals surface area contributed by atoms with Gasteiger partial charge >= 0.3 is 0 Å². The van der Waals surface area contributed by atoms with Gasteiger partial charge in [-0.3, -0.25) is 4.79 Å². The van der Waals surface area contributed by atoms with Crippen molar-refractivity contribution in [3.8, 4) is 5.75 Å². The SMILES string of the molecule is O=C(C=Cc1cc(F)cc2c1OCOC2)N1CCOCC1. The Bertz CT molecular complexity index is 567. The summed E-state index contributed by atoms with van der Waals surface area (Å²) in [5.74, 6) is 0.0957. The van der Waals surface area contributed by atoms with Gasteiger partial charge in [-0.2, -0.15) is 0 Å². The molecule has 0 saturated carbocycles. The second-order valence-corrected chi connectivity index (χ2v) is 4.86. The van der Waals surface area contributed by atoms with Crippen molar-refractivity contribution in [3.05, 3.63) is 35.2 Å². The molecule has 112 valence electrons. The maximum absolute atomic E-state index is 13.6. The van der Waals surface area contributed by atoms with E-state index in [4.69, 9.17) is 14.2 Å². The number of fused-ring (bicyclic) bond motifs is 1. The van der Waals surface area contributed by atoms with Crippen LogP contribution in [0.3, 0.4) is 0 Å². The van der Waals surface area contributed by atoms with Crippen LogP contribution in [0.1, 0.15) is 11.1 Å². The van der Waals surface area contributed by atoms with E-state index in [0.29, 0.717) is 49.8 Å². The van der Waals surface area contributed by atoms with Crippen LogP contribution in [0.5, 0.6) is 5.75 Å². The highest BCUT2D eigenvalue weighted by atomic mass is 19.1. The number of carbonyl (C=O) groups excluding carboxylic acids is 1. The van der Waals surface area contributed by atoms with E-state index in [1.165, 1.54) is 18.2 Å². The molecule has 2 aliphatic heterocycles. The molecule has 1 saturated heterocycles. The molecule has 5 nitrogen and oxygen atoms in total. The third kappa shape index (κ3) is 3.22. The minimum Gasteiger partial charge on any atom is -0.467 e. The molecule has 2 heterocycles. The fourth-order valence-electron chi connectivity index (χ4n) is 2.38. The van der Waals surface area contributed by atoms with Gasteiger partial charge in [-0.05, 0) is 18.2 Å². The zero-order chi connectivity index (χ0) is 14.7. The summed E-state index contributed by atoms with van der Waals surface area (Å²) in [5, 5.41) is 0. The number of hydrogen-bond acceptors (Lipinski definition) is 4. The number of halogens is 1. The van der Waals surface area contributed by atoms with E-state index in [0.717, 1.165) is 0 Å². The van der Waals surface area contributed by atoms with Crippen molar-refractivity contribution >= 4 is 12.0 Å². The molecule has 1 aromatic carbocycles. The predicted molar refractivity (Wildman–Crippen MR) is 73.1 cm³/mol. The lowest BCUT2D eigenvalue weighted by molar-refractivity contribution is -0.129. The first-order valence-electron chi connectivity index (χ1n) is 6.82. The van der Waals surface area contributed by atoms with E-state index >= 15 is 0 Å². The summed E-state index contributed by atoms with van der Waals surface area (Å²) >= 11 is 0. The summed E-state index contributed by atoms with van der Waals surface area (Å²) in [5.41, 5.74) is 1.20. The van der Waals surface area contributed by atoms with Crippen LogP contribution in [0.25, 0.3) is 6.08 Å². The molecule has 0 spiro atoms. The number of carbonyl (C=O) groups is 1. The average Bonchev–Trinajstić information content (AvgIpc) is 2.53. The third-order valence-electron chi connectivity index (χ3n) is 3.43. The van der Waals surface area contributed by atoms with Gasteiger partial charge in [-0.15, -0.1) is 0 Å². The molecule has 0 bridgehead atoms. The highest BCUT2D eigenvalue weighted by Crippen LogP contribution is 2.30. The van der Waals surface area contributed by atoms with Gasteiger partial charge in [0.05, 0.1) is 19.8 Å². The van der Waals surface area contributed by atoms with Crippen LogP contribution in [0.4, 0.5) is 4.39 Å². The van der Waals surface area contributed by atoms with Crippen molar-refractivity contribution in [1.29, 1.82) is 0 Å². The van der Waals surface area contributed by atoms with Gasteiger partial charge in [-0.1, -0.05) is 0 Å². The summed E-state index contributed by atoms with van der Waals surface area (Å²) in [6.07, 6.45) is 3.03. The minimum absolute atomic E-state index is 0.108. The fraction of sp³-hybridized carbons (Fsp3) is 0.400. The Hall–Kier alpha value is -1.92. The number of rotatable bonds is 2. The Morgan fingerprint density at radius 3 is 2.86 bits per heavy atom. The van der Waals surface area contributed by atoms with Gasteiger partial charge in [0.1, 0.15) is 11.6 Å². The first kappa shape index (κ1) is 14.0. The van der Waals surface area contributed by atoms with Gasteiger partial charge in [0.2, 0.25) is 5.91 Å². The topological polar surface area (TPSA) is 48.0 Å². The molecule has 0 aliphatic carbocycles. The molecule has 21 heavy (non-hydrogen) atoms. The Balaban J connectivity index is 1.79. The van der Waals surface area contributed by atoms with E-state index < -0.39 is 0 Å². The van der Waals surface area contributed by atoms with E-state index in [2.05, 4.69) is 0 Å². The predicted octanol–water partition coefficient (Wildman–Crippen LogP) is 1.56. The maximum atomic E-state index is 13.6. The van der Waals surface area contributed by atoms with Gasteiger partial charge in [0, 0.05) is 30.3 Å². The molecule has 1 amide bonds. The Morgan fingerprint density at radius 1 is 1.24 bits per heavy atom. The second-order valence-electron chi connectivity index (χ2n) is 4.86. The van der Waals surface area contributed by atoms with Crippen molar-refractivity contribution in [3.63, 3.8) is 0 Å². The molecule has 1 fully saturated rings. The van der Waals surface area contributed by atoms with Gasteiger partial charge in [0.15, 0.2) is 6.79 Å². The van der Waals surface area contributed by atoms with Crippen LogP contribution in [-0.4, -0.2) is 43.9 Å². The van der Waals surface area contributed by atoms with Crippen molar-refractivity contribution < 1.29 is 23.4 Å². The molecule has 6 heteroatoms. The molecular weight excluding hydrogens is 277 g/mol. The molecule has 3 rings (SSSR count). The van der Waals surface area contributed by atoms with Crippen LogP contribution in [0.2, 0.25) is 0 Å². The lowest BCUT2D eigenvalue weighted by atomic mass is 10.1. The quantitative estimate of drug-likeness (QED) is 0.777. The molecule has 1 aromatic rings. The third-order valence-corrected chi connectivity index (χ3v) is 3.43. The lowest BCUT2D eigenvalue weighted by Crippen LogP contribution is -2.39. The van der Waals surface area contributed by atoms with Crippen LogP contribution >= 0.6 is 0 Å². The van der Waals surface area contributed by atoms with Gasteiger partial charge < -0.3 is 19.1 Å². The van der Waals surface area contributed by atoms with E-state index in [9.17, 15) is 9.18 Å². The second kappa shape index (κ2) is 6.24. The molecular formula is C15H16FNO4. The molecule has 0 radical (unpaired) electrons. The van der Waals surface area contributed by atoms with E-state index in [-0.39, 0.29) is 18.5 Å². The van der Waals surface area contributed by atoms with E-state index in [1.54, 1.807) is 11.0 Å². The lowest BCUT2D eigenvalue weighted by Gasteiger charge is -2.25. The van der Waals surface area contributed by atoms with Crippen molar-refractivity contribution in [1.82, 2.24) is 4.90 Å². The number of benzene rings is 1. The first-order chi connectivity index (χ1) is 10.2. The summed E-state index contributed by atoms with van der Waals surface area (Å²) in [4.78, 5) is 13.8. The molecule has 0 unspecified atom stereocenters. The van der Waals surface area contributed by atoms with Crippen molar-refractivity contribution in [2.24, 2.45) is 0 Å². The normalized spacial score (nSPS) is 18.4. The standard InChI is InChI=1S/C15H16FNO4/c16-13-7-11(15-12(8-13)9-20-10-21-15)1-2-14(18)17-3-5-19-6-4-17/h1-2,7-8H,3-6,9-10H2. The zero-order valence-corrected chi connectivity index (χ0v) is 11.5. The first-order valence-corrected chi connectivity index (χ1v) is 6.82. The summed E-state index contributed by atoms with van der Waals surface area (Å²) < 4.78 is 29.3. The Labute approximate surface area is 121 Å². The van der Waals surface area contributed by atoms with Gasteiger partial charge in [-0.25, -0.2) is 4.39 Å². The Kier molecular flexibility index (Phi) is 4.17. The van der Waals surface area contributed by atoms with E-state index in [1.807, 2.05) is 0 Å². The molecule has 0 atom stereocenters. The summed E-state index contributed by atoms with van der Waals surface area (Å²) in [6, 6.07) is 2.74. The van der Waals surface area contributed by atoms with Gasteiger partial charge in [0.25, 0.3) is 0 Å². The maximum Gasteiger partial charge on any atom is 0.246 e. The largest absolute Gasteiger partial charge is 0.467 e. The Morgan fingerprint density at radius 2 is 2.05 bits per heavy atom. The molecule has 0 aromatic heterocycles.